The lowest BCUT2D eigenvalue weighted by molar-refractivity contribution is 0.102. The third kappa shape index (κ3) is 4.65. The Balaban J connectivity index is 1.55. The van der Waals surface area contributed by atoms with E-state index in [1.54, 1.807) is 0 Å². The summed E-state index contributed by atoms with van der Waals surface area (Å²) in [7, 11) is 0. The summed E-state index contributed by atoms with van der Waals surface area (Å²) in [5, 5.41) is 2.70. The fourth-order valence-corrected chi connectivity index (χ4v) is 3.06. The lowest BCUT2D eigenvalue weighted by Crippen LogP contribution is -2.45. The molecule has 4 nitrogen and oxygen atoms in total. The van der Waals surface area contributed by atoms with Crippen LogP contribution in [0.1, 0.15) is 22.8 Å². The van der Waals surface area contributed by atoms with E-state index in [1.807, 2.05) is 24.3 Å². The molecule has 1 aliphatic rings. The average Bonchev–Trinajstić information content (AvgIpc) is 2.66. The molecule has 1 heterocycles. The molecule has 1 amide bonds. The first-order valence-electron chi connectivity index (χ1n) is 8.85. The molecule has 2 aromatic rings. The van der Waals surface area contributed by atoms with Crippen molar-refractivity contribution in [2.24, 2.45) is 0 Å². The van der Waals surface area contributed by atoms with E-state index in [9.17, 15) is 13.6 Å². The first-order chi connectivity index (χ1) is 12.5. The Kier molecular flexibility index (Phi) is 5.96. The quantitative estimate of drug-likeness (QED) is 0.889. The smallest absolute Gasteiger partial charge is 0.255 e. The number of likely N-dealkylation sites (N-methyl/N-ethyl adjacent to an activating group) is 1. The number of nitrogens with zero attached hydrogens (tertiary/aromatic N) is 2. The van der Waals surface area contributed by atoms with Gasteiger partial charge in [-0.1, -0.05) is 19.1 Å². The number of halogens is 2. The molecule has 0 atom stereocenters. The van der Waals surface area contributed by atoms with Crippen LogP contribution in [0.4, 0.5) is 14.5 Å². The second kappa shape index (κ2) is 8.38. The van der Waals surface area contributed by atoms with Crippen molar-refractivity contribution < 1.29 is 13.6 Å². The van der Waals surface area contributed by atoms with Crippen molar-refractivity contribution in [3.63, 3.8) is 0 Å². The zero-order valence-corrected chi connectivity index (χ0v) is 14.8. The van der Waals surface area contributed by atoms with Gasteiger partial charge in [-0.15, -0.1) is 0 Å². The van der Waals surface area contributed by atoms with E-state index in [0.717, 1.165) is 51.4 Å². The summed E-state index contributed by atoms with van der Waals surface area (Å²) in [5.74, 6) is -2.46. The maximum Gasteiger partial charge on any atom is 0.255 e. The highest BCUT2D eigenvalue weighted by atomic mass is 19.2. The minimum atomic E-state index is -1.03. The number of rotatable bonds is 5. The van der Waals surface area contributed by atoms with Gasteiger partial charge in [0.15, 0.2) is 11.6 Å². The molecule has 3 rings (SSSR count). The summed E-state index contributed by atoms with van der Waals surface area (Å²) < 4.78 is 26.2. The Morgan fingerprint density at radius 3 is 2.23 bits per heavy atom. The van der Waals surface area contributed by atoms with Gasteiger partial charge in [0.25, 0.3) is 5.91 Å². The molecule has 1 saturated heterocycles. The van der Waals surface area contributed by atoms with Crippen molar-refractivity contribution in [1.82, 2.24) is 9.80 Å². The highest BCUT2D eigenvalue weighted by Gasteiger charge is 2.15. The number of benzene rings is 2. The van der Waals surface area contributed by atoms with Gasteiger partial charge in [0.05, 0.1) is 0 Å². The van der Waals surface area contributed by atoms with Gasteiger partial charge < -0.3 is 10.2 Å². The molecule has 0 spiro atoms. The predicted octanol–water partition coefficient (Wildman–Crippen LogP) is 3.35. The fourth-order valence-electron chi connectivity index (χ4n) is 3.06. The molecule has 0 unspecified atom stereocenters. The third-order valence-electron chi connectivity index (χ3n) is 4.71. The first-order valence-corrected chi connectivity index (χ1v) is 8.85. The lowest BCUT2D eigenvalue weighted by atomic mass is 10.1. The van der Waals surface area contributed by atoms with Crippen LogP contribution in [-0.4, -0.2) is 48.4 Å². The number of anilines is 1. The number of carbonyl (C=O) groups excluding carboxylic acids is 1. The molecule has 0 aliphatic carbocycles. The van der Waals surface area contributed by atoms with E-state index in [-0.39, 0.29) is 5.56 Å². The van der Waals surface area contributed by atoms with Gasteiger partial charge in [-0.25, -0.2) is 8.78 Å². The zero-order chi connectivity index (χ0) is 18.5. The zero-order valence-electron chi connectivity index (χ0n) is 14.8. The lowest BCUT2D eigenvalue weighted by Gasteiger charge is -2.34. The maximum atomic E-state index is 13.2. The van der Waals surface area contributed by atoms with Crippen molar-refractivity contribution in [2.45, 2.75) is 13.5 Å². The number of piperazine rings is 1. The molecular formula is C20H23F2N3O. The average molecular weight is 359 g/mol. The van der Waals surface area contributed by atoms with E-state index in [0.29, 0.717) is 5.69 Å². The Morgan fingerprint density at radius 2 is 1.62 bits per heavy atom. The van der Waals surface area contributed by atoms with E-state index in [2.05, 4.69) is 22.0 Å². The molecule has 0 aromatic heterocycles. The summed E-state index contributed by atoms with van der Waals surface area (Å²) >= 11 is 0. The molecule has 0 radical (unpaired) electrons. The van der Waals surface area contributed by atoms with Crippen molar-refractivity contribution in [3.8, 4) is 0 Å². The van der Waals surface area contributed by atoms with Crippen molar-refractivity contribution >= 4 is 11.6 Å². The first kappa shape index (κ1) is 18.5. The molecule has 26 heavy (non-hydrogen) atoms. The fraction of sp³-hybridized carbons (Fsp3) is 0.350. The van der Waals surface area contributed by atoms with Crippen LogP contribution in [-0.2, 0) is 6.54 Å². The Bertz CT molecular complexity index is 756. The molecule has 1 fully saturated rings. The maximum absolute atomic E-state index is 13.2. The minimum Gasteiger partial charge on any atom is -0.322 e. The van der Waals surface area contributed by atoms with Gasteiger partial charge >= 0.3 is 0 Å². The molecule has 1 aliphatic heterocycles. The number of carbonyl (C=O) groups is 1. The predicted molar refractivity (Wildman–Crippen MR) is 98.1 cm³/mol. The molecule has 1 N–H and O–H groups in total. The van der Waals surface area contributed by atoms with Crippen LogP contribution in [0.3, 0.4) is 0 Å². The summed E-state index contributed by atoms with van der Waals surface area (Å²) in [5.41, 5.74) is 1.89. The van der Waals surface area contributed by atoms with Crippen LogP contribution in [0.5, 0.6) is 0 Å². The Hall–Kier alpha value is -2.31. The van der Waals surface area contributed by atoms with Crippen LogP contribution in [0.15, 0.2) is 42.5 Å². The Morgan fingerprint density at radius 1 is 0.962 bits per heavy atom. The molecular weight excluding hydrogens is 336 g/mol. The van der Waals surface area contributed by atoms with Crippen LogP contribution in [0, 0.1) is 11.6 Å². The Labute approximate surface area is 152 Å². The SMILES string of the molecule is CCN1CCN(Cc2ccc(NC(=O)c3ccc(F)c(F)c3)cc2)CC1. The van der Waals surface area contributed by atoms with Gasteiger partial charge in [0.2, 0.25) is 0 Å². The number of hydrogen-bond donors (Lipinski definition) is 1. The highest BCUT2D eigenvalue weighted by molar-refractivity contribution is 6.04. The van der Waals surface area contributed by atoms with Gasteiger partial charge in [-0.2, -0.15) is 0 Å². The molecule has 6 heteroatoms. The summed E-state index contributed by atoms with van der Waals surface area (Å²) in [6.07, 6.45) is 0. The molecule has 0 bridgehead atoms. The topological polar surface area (TPSA) is 35.6 Å². The van der Waals surface area contributed by atoms with Crippen molar-refractivity contribution in [2.75, 3.05) is 38.0 Å². The number of amides is 1. The minimum absolute atomic E-state index is 0.0850. The van der Waals surface area contributed by atoms with Gasteiger partial charge in [-0.3, -0.25) is 9.69 Å². The summed E-state index contributed by atoms with van der Waals surface area (Å²) in [6, 6.07) is 10.7. The molecule has 0 saturated carbocycles. The summed E-state index contributed by atoms with van der Waals surface area (Å²) in [6.45, 7) is 8.47. The summed E-state index contributed by atoms with van der Waals surface area (Å²) in [4.78, 5) is 17.0. The third-order valence-corrected chi connectivity index (χ3v) is 4.71. The van der Waals surface area contributed by atoms with Crippen molar-refractivity contribution in [3.05, 3.63) is 65.2 Å². The van der Waals surface area contributed by atoms with Gasteiger partial charge in [-0.05, 0) is 42.4 Å². The van der Waals surface area contributed by atoms with Gasteiger partial charge in [0.1, 0.15) is 0 Å². The highest BCUT2D eigenvalue weighted by Crippen LogP contribution is 2.15. The molecule has 2 aromatic carbocycles. The van der Waals surface area contributed by atoms with Crippen LogP contribution in [0.25, 0.3) is 0 Å². The van der Waals surface area contributed by atoms with Crippen LogP contribution >= 0.6 is 0 Å². The van der Waals surface area contributed by atoms with E-state index < -0.39 is 17.5 Å². The van der Waals surface area contributed by atoms with E-state index >= 15 is 0 Å². The van der Waals surface area contributed by atoms with Crippen molar-refractivity contribution in [1.29, 1.82) is 0 Å². The standard InChI is InChI=1S/C20H23F2N3O/c1-2-24-9-11-25(12-10-24)14-15-3-6-17(7-4-15)23-20(26)16-5-8-18(21)19(22)13-16/h3-8,13H,2,9-12,14H2,1H3,(H,23,26). The monoisotopic (exact) mass is 359 g/mol. The van der Waals surface area contributed by atoms with Gasteiger partial charge in [0, 0.05) is 44.0 Å². The van der Waals surface area contributed by atoms with E-state index in [4.69, 9.17) is 0 Å². The van der Waals surface area contributed by atoms with E-state index in [1.165, 1.54) is 11.6 Å². The second-order valence-corrected chi connectivity index (χ2v) is 6.49. The normalized spacial score (nSPS) is 15.8. The van der Waals surface area contributed by atoms with Crippen LogP contribution in [0.2, 0.25) is 0 Å². The number of nitrogens with one attached hydrogen (secondary N) is 1. The molecule has 138 valence electrons. The number of hydrogen-bond acceptors (Lipinski definition) is 3. The van der Waals surface area contributed by atoms with Crippen LogP contribution < -0.4 is 5.32 Å². The largest absolute Gasteiger partial charge is 0.322 e. The second-order valence-electron chi connectivity index (χ2n) is 6.49.